The lowest BCUT2D eigenvalue weighted by atomic mass is 9.70. The summed E-state index contributed by atoms with van der Waals surface area (Å²) < 4.78 is 34.4. The Balaban J connectivity index is 1.64. The van der Waals surface area contributed by atoms with Crippen LogP contribution in [-0.4, -0.2) is 44.2 Å². The SMILES string of the molecule is COc1ccccc1N(C)C1C2CCN(CC2)C1C(c1cccc(F)c1)c1cccc(F)c1. The van der Waals surface area contributed by atoms with Gasteiger partial charge >= 0.3 is 0 Å². The van der Waals surface area contributed by atoms with E-state index in [-0.39, 0.29) is 29.6 Å². The third kappa shape index (κ3) is 4.10. The van der Waals surface area contributed by atoms with Crippen LogP contribution in [0.2, 0.25) is 0 Å². The van der Waals surface area contributed by atoms with Crippen LogP contribution in [-0.2, 0) is 0 Å². The highest BCUT2D eigenvalue weighted by Crippen LogP contribution is 2.46. The Morgan fingerprint density at radius 2 is 1.48 bits per heavy atom. The maximum Gasteiger partial charge on any atom is 0.142 e. The van der Waals surface area contributed by atoms with Gasteiger partial charge in [-0.2, -0.15) is 0 Å². The lowest BCUT2D eigenvalue weighted by molar-refractivity contribution is 0.0184. The Hall–Kier alpha value is -2.92. The van der Waals surface area contributed by atoms with Gasteiger partial charge in [-0.25, -0.2) is 8.78 Å². The third-order valence-corrected chi connectivity index (χ3v) is 7.50. The molecule has 6 rings (SSSR count). The van der Waals surface area contributed by atoms with Gasteiger partial charge in [-0.1, -0.05) is 36.4 Å². The average Bonchev–Trinajstić information content (AvgIpc) is 2.84. The summed E-state index contributed by atoms with van der Waals surface area (Å²) >= 11 is 0. The van der Waals surface area contributed by atoms with Gasteiger partial charge in [-0.05, 0) is 79.4 Å². The normalized spacial score (nSPS) is 24.2. The predicted octanol–water partition coefficient (Wildman–Crippen LogP) is 5.70. The van der Waals surface area contributed by atoms with Crippen molar-refractivity contribution in [3.8, 4) is 5.75 Å². The first-order chi connectivity index (χ1) is 16.1. The van der Waals surface area contributed by atoms with E-state index < -0.39 is 0 Å². The van der Waals surface area contributed by atoms with Crippen molar-refractivity contribution in [1.29, 1.82) is 0 Å². The predicted molar refractivity (Wildman–Crippen MR) is 128 cm³/mol. The van der Waals surface area contributed by atoms with Gasteiger partial charge in [0.15, 0.2) is 0 Å². The van der Waals surface area contributed by atoms with Crippen LogP contribution >= 0.6 is 0 Å². The molecule has 3 aromatic rings. The standard InChI is InChI=1S/C28H30F2N2O/c1-31(24-11-3-4-12-25(24)33-2)27-19-13-15-32(16-14-19)28(27)26(20-7-5-9-22(29)17-20)21-8-6-10-23(30)18-21/h3-12,17-19,26-28H,13-16H2,1-2H3. The third-order valence-electron chi connectivity index (χ3n) is 7.50. The zero-order valence-corrected chi connectivity index (χ0v) is 19.1. The molecule has 3 aliphatic heterocycles. The number of methoxy groups -OCH3 is 1. The molecule has 0 aromatic heterocycles. The van der Waals surface area contributed by atoms with Gasteiger partial charge in [-0.3, -0.25) is 4.90 Å². The van der Waals surface area contributed by atoms with E-state index in [4.69, 9.17) is 4.74 Å². The fourth-order valence-corrected chi connectivity index (χ4v) is 6.08. The van der Waals surface area contributed by atoms with Gasteiger partial charge in [0.25, 0.3) is 0 Å². The van der Waals surface area contributed by atoms with Gasteiger partial charge in [-0.15, -0.1) is 0 Å². The zero-order valence-electron chi connectivity index (χ0n) is 19.1. The monoisotopic (exact) mass is 448 g/mol. The molecule has 3 nitrogen and oxygen atoms in total. The Labute approximate surface area is 194 Å². The molecule has 3 saturated heterocycles. The number of nitrogens with zero attached hydrogens (tertiary/aromatic N) is 2. The molecule has 0 spiro atoms. The molecule has 0 amide bonds. The first-order valence-electron chi connectivity index (χ1n) is 11.7. The van der Waals surface area contributed by atoms with Crippen LogP contribution in [0.3, 0.4) is 0 Å². The van der Waals surface area contributed by atoms with Crippen molar-refractivity contribution in [2.75, 3.05) is 32.1 Å². The summed E-state index contributed by atoms with van der Waals surface area (Å²) in [5, 5.41) is 0. The summed E-state index contributed by atoms with van der Waals surface area (Å²) in [4.78, 5) is 4.86. The van der Waals surface area contributed by atoms with Crippen LogP contribution in [0.1, 0.15) is 29.9 Å². The largest absolute Gasteiger partial charge is 0.495 e. The minimum atomic E-state index is -0.264. The maximum absolute atomic E-state index is 14.4. The molecule has 3 aromatic carbocycles. The Kier molecular flexibility index (Phi) is 6.07. The molecule has 2 atom stereocenters. The molecule has 3 fully saturated rings. The number of anilines is 1. The average molecular weight is 449 g/mol. The number of fused-ring (bicyclic) bond motifs is 3. The molecule has 0 radical (unpaired) electrons. The molecular weight excluding hydrogens is 418 g/mol. The summed E-state index contributed by atoms with van der Waals surface area (Å²) in [7, 11) is 3.83. The molecule has 33 heavy (non-hydrogen) atoms. The van der Waals surface area contributed by atoms with Crippen molar-refractivity contribution >= 4 is 5.69 Å². The molecule has 5 heteroatoms. The number of likely N-dealkylation sites (N-methyl/N-ethyl adjacent to an activating group) is 1. The number of benzene rings is 3. The minimum absolute atomic E-state index is 0.0796. The van der Waals surface area contributed by atoms with Gasteiger partial charge in [0.05, 0.1) is 12.8 Å². The van der Waals surface area contributed by atoms with Crippen molar-refractivity contribution in [2.45, 2.75) is 30.8 Å². The summed E-state index contributed by atoms with van der Waals surface area (Å²) in [5.74, 6) is 0.656. The highest BCUT2D eigenvalue weighted by Gasteiger charge is 2.48. The summed E-state index contributed by atoms with van der Waals surface area (Å²) in [5.41, 5.74) is 2.81. The first-order valence-corrected chi connectivity index (χ1v) is 11.7. The van der Waals surface area contributed by atoms with Crippen molar-refractivity contribution in [3.63, 3.8) is 0 Å². The molecule has 172 valence electrons. The van der Waals surface area contributed by atoms with E-state index in [9.17, 15) is 8.78 Å². The number of piperidine rings is 3. The van der Waals surface area contributed by atoms with E-state index in [0.717, 1.165) is 48.5 Å². The van der Waals surface area contributed by atoms with Gasteiger partial charge in [0.1, 0.15) is 17.4 Å². The highest BCUT2D eigenvalue weighted by atomic mass is 19.1. The minimum Gasteiger partial charge on any atom is -0.495 e. The Morgan fingerprint density at radius 3 is 2.06 bits per heavy atom. The second-order valence-electron chi connectivity index (χ2n) is 9.23. The van der Waals surface area contributed by atoms with Crippen LogP contribution in [0, 0.1) is 17.6 Å². The quantitative estimate of drug-likeness (QED) is 0.481. The van der Waals surface area contributed by atoms with Crippen LogP contribution < -0.4 is 9.64 Å². The molecule has 0 N–H and O–H groups in total. The van der Waals surface area contributed by atoms with Crippen molar-refractivity contribution in [1.82, 2.24) is 4.90 Å². The van der Waals surface area contributed by atoms with Gasteiger partial charge in [0, 0.05) is 25.0 Å². The van der Waals surface area contributed by atoms with Crippen LogP contribution in [0.5, 0.6) is 5.75 Å². The second-order valence-corrected chi connectivity index (χ2v) is 9.23. The summed E-state index contributed by atoms with van der Waals surface area (Å²) in [6.07, 6.45) is 2.25. The molecule has 3 heterocycles. The highest BCUT2D eigenvalue weighted by molar-refractivity contribution is 5.59. The Bertz CT molecular complexity index is 1070. The lowest BCUT2D eigenvalue weighted by Crippen LogP contribution is -2.65. The number of para-hydroxylation sites is 2. The van der Waals surface area contributed by atoms with E-state index in [2.05, 4.69) is 22.9 Å². The Morgan fingerprint density at radius 1 is 0.879 bits per heavy atom. The number of halogens is 2. The van der Waals surface area contributed by atoms with Crippen LogP contribution in [0.15, 0.2) is 72.8 Å². The smallest absolute Gasteiger partial charge is 0.142 e. The fraction of sp³-hybridized carbons (Fsp3) is 0.357. The number of hydrogen-bond acceptors (Lipinski definition) is 3. The molecule has 0 saturated carbocycles. The topological polar surface area (TPSA) is 15.7 Å². The molecular formula is C28H30F2N2O. The maximum atomic E-state index is 14.4. The zero-order chi connectivity index (χ0) is 22.9. The van der Waals surface area contributed by atoms with E-state index in [1.165, 1.54) is 12.1 Å². The van der Waals surface area contributed by atoms with Gasteiger partial charge in [0.2, 0.25) is 0 Å². The van der Waals surface area contributed by atoms with Crippen LogP contribution in [0.25, 0.3) is 0 Å². The molecule has 2 unspecified atom stereocenters. The number of rotatable bonds is 6. The van der Waals surface area contributed by atoms with E-state index in [1.54, 1.807) is 31.4 Å². The second kappa shape index (κ2) is 9.14. The van der Waals surface area contributed by atoms with E-state index in [1.807, 2.05) is 30.3 Å². The van der Waals surface area contributed by atoms with E-state index >= 15 is 0 Å². The van der Waals surface area contributed by atoms with E-state index in [0.29, 0.717) is 5.92 Å². The lowest BCUT2D eigenvalue weighted by Gasteiger charge is -2.56. The number of ether oxygens (including phenoxy) is 1. The van der Waals surface area contributed by atoms with Crippen LogP contribution in [0.4, 0.5) is 14.5 Å². The van der Waals surface area contributed by atoms with Crippen molar-refractivity contribution < 1.29 is 13.5 Å². The van der Waals surface area contributed by atoms with Crippen molar-refractivity contribution in [2.24, 2.45) is 5.92 Å². The fourth-order valence-electron chi connectivity index (χ4n) is 6.08. The summed E-state index contributed by atoms with van der Waals surface area (Å²) in [6, 6.07) is 22.0. The van der Waals surface area contributed by atoms with Crippen molar-refractivity contribution in [3.05, 3.63) is 95.6 Å². The molecule has 2 bridgehead atoms. The molecule has 3 aliphatic rings. The first kappa shape index (κ1) is 21.9. The molecule has 0 aliphatic carbocycles. The summed E-state index contributed by atoms with van der Waals surface area (Å²) in [6.45, 7) is 2.01. The van der Waals surface area contributed by atoms with Gasteiger partial charge < -0.3 is 9.64 Å². The number of hydrogen-bond donors (Lipinski definition) is 0.